The first-order chi connectivity index (χ1) is 21.3. The average Bonchev–Trinajstić information content (AvgIpc) is 3.46. The molecular formula is C32H36F2N6O4. The van der Waals surface area contributed by atoms with Crippen LogP contribution in [-0.4, -0.2) is 64.6 Å². The Balaban J connectivity index is 1.23. The summed E-state index contributed by atoms with van der Waals surface area (Å²) >= 11 is 0. The van der Waals surface area contributed by atoms with Gasteiger partial charge in [0.05, 0.1) is 25.6 Å². The van der Waals surface area contributed by atoms with Gasteiger partial charge in [-0.1, -0.05) is 13.3 Å². The van der Waals surface area contributed by atoms with Gasteiger partial charge in [0.2, 0.25) is 0 Å². The maximum absolute atomic E-state index is 14.8. The first-order valence-electron chi connectivity index (χ1n) is 14.7. The van der Waals surface area contributed by atoms with Gasteiger partial charge in [-0.05, 0) is 61.9 Å². The molecule has 0 bridgehead atoms. The predicted molar refractivity (Wildman–Crippen MR) is 162 cm³/mol. The highest BCUT2D eigenvalue weighted by molar-refractivity contribution is 5.96. The fourth-order valence-electron chi connectivity index (χ4n) is 5.30. The molecule has 1 aliphatic heterocycles. The number of hydrogen-bond acceptors (Lipinski definition) is 7. The molecule has 5 rings (SSSR count). The molecule has 2 N–H and O–H groups in total. The minimum atomic E-state index is -0.683. The molecule has 4 aromatic rings. The second-order valence-corrected chi connectivity index (χ2v) is 10.8. The van der Waals surface area contributed by atoms with Gasteiger partial charge >= 0.3 is 6.09 Å². The number of hydrogen-bond donors (Lipinski definition) is 2. The number of carbonyl (C=O) groups excluding carboxylic acids is 2. The number of carbonyl (C=O) groups is 2. The molecule has 1 fully saturated rings. The minimum absolute atomic E-state index is 0.0358. The number of fused-ring (bicyclic) bond motifs is 1. The van der Waals surface area contributed by atoms with Crippen molar-refractivity contribution >= 4 is 29.2 Å². The van der Waals surface area contributed by atoms with Gasteiger partial charge in [-0.3, -0.25) is 9.20 Å². The van der Waals surface area contributed by atoms with E-state index in [-0.39, 0.29) is 23.3 Å². The molecule has 44 heavy (non-hydrogen) atoms. The number of nitrogens with one attached hydrogen (secondary N) is 2. The molecule has 0 unspecified atom stereocenters. The van der Waals surface area contributed by atoms with Gasteiger partial charge < -0.3 is 25.0 Å². The number of imidazole rings is 1. The quantitative estimate of drug-likeness (QED) is 0.210. The van der Waals surface area contributed by atoms with E-state index in [4.69, 9.17) is 9.47 Å². The van der Waals surface area contributed by atoms with Crippen molar-refractivity contribution < 1.29 is 27.8 Å². The van der Waals surface area contributed by atoms with Crippen molar-refractivity contribution in [2.75, 3.05) is 38.7 Å². The van der Waals surface area contributed by atoms with E-state index in [1.54, 1.807) is 22.7 Å². The Kier molecular flexibility index (Phi) is 9.56. The summed E-state index contributed by atoms with van der Waals surface area (Å²) in [7, 11) is 1.28. The molecule has 232 valence electrons. The Hall–Kier alpha value is -4.74. The minimum Gasteiger partial charge on any atom is -0.494 e. The van der Waals surface area contributed by atoms with Gasteiger partial charge in [0.25, 0.3) is 5.91 Å². The number of aromatic nitrogens is 3. The number of nitrogens with zero attached hydrogens (tertiary/aromatic N) is 4. The lowest BCUT2D eigenvalue weighted by atomic mass is 9.96. The maximum Gasteiger partial charge on any atom is 0.407 e. The van der Waals surface area contributed by atoms with E-state index in [0.29, 0.717) is 60.6 Å². The molecule has 0 aliphatic carbocycles. The van der Waals surface area contributed by atoms with Gasteiger partial charge in [0, 0.05) is 54.9 Å². The van der Waals surface area contributed by atoms with Crippen molar-refractivity contribution in [3.63, 3.8) is 0 Å². The van der Waals surface area contributed by atoms with Crippen LogP contribution in [-0.2, 0) is 4.74 Å². The van der Waals surface area contributed by atoms with E-state index in [2.05, 4.69) is 20.6 Å². The summed E-state index contributed by atoms with van der Waals surface area (Å²) in [6.45, 7) is 6.11. The third kappa shape index (κ3) is 6.74. The highest BCUT2D eigenvalue weighted by atomic mass is 19.1. The lowest BCUT2D eigenvalue weighted by molar-refractivity contribution is 0.0686. The first-order valence-corrected chi connectivity index (χ1v) is 14.7. The van der Waals surface area contributed by atoms with Crippen LogP contribution in [0, 0.1) is 24.5 Å². The summed E-state index contributed by atoms with van der Waals surface area (Å²) in [4.78, 5) is 35.8. The van der Waals surface area contributed by atoms with Crippen molar-refractivity contribution in [3.8, 4) is 17.0 Å². The Morgan fingerprint density at radius 3 is 2.61 bits per heavy atom. The SMILES string of the molecule is CCCCOC(=O)NCC1CCN(C(=O)c2ccc(Nc3nccn4c(-c5cc(F)c(OC)cc5F)cnc34)cc2C)CC1. The number of methoxy groups -OCH3 is 1. The number of alkyl carbamates (subject to hydrolysis) is 1. The van der Waals surface area contributed by atoms with E-state index in [1.807, 2.05) is 24.8 Å². The van der Waals surface area contributed by atoms with Gasteiger partial charge in [-0.25, -0.2) is 23.5 Å². The zero-order chi connectivity index (χ0) is 31.2. The molecule has 0 spiro atoms. The van der Waals surface area contributed by atoms with Crippen molar-refractivity contribution in [1.82, 2.24) is 24.6 Å². The summed E-state index contributed by atoms with van der Waals surface area (Å²) in [5.41, 5.74) is 2.91. The lowest BCUT2D eigenvalue weighted by Gasteiger charge is -2.32. The van der Waals surface area contributed by atoms with Crippen LogP contribution in [0.2, 0.25) is 0 Å². The topological polar surface area (TPSA) is 110 Å². The molecule has 2 aromatic carbocycles. The zero-order valence-electron chi connectivity index (χ0n) is 25.0. The number of aryl methyl sites for hydroxylation is 1. The Morgan fingerprint density at radius 1 is 1.09 bits per heavy atom. The second-order valence-electron chi connectivity index (χ2n) is 10.8. The fourth-order valence-corrected chi connectivity index (χ4v) is 5.30. The standard InChI is InChI=1S/C32H36F2N6O4/c1-4-5-14-44-32(42)37-18-21-8-11-39(12-9-21)31(41)23-7-6-22(15-20(23)2)38-29-30-36-19-27(40(30)13-10-35-29)24-16-26(34)28(43-3)17-25(24)33/h6-7,10,13,15-17,19,21H,4-5,8-9,11-12,14,18H2,1-3H3,(H,35,38)(H,37,42). The van der Waals surface area contributed by atoms with Gasteiger partial charge in [-0.15, -0.1) is 0 Å². The van der Waals surface area contributed by atoms with E-state index < -0.39 is 11.6 Å². The number of anilines is 2. The molecule has 2 aromatic heterocycles. The van der Waals surface area contributed by atoms with Crippen molar-refractivity contribution in [2.45, 2.75) is 39.5 Å². The van der Waals surface area contributed by atoms with Gasteiger partial charge in [-0.2, -0.15) is 0 Å². The molecule has 12 heteroatoms. The Bertz CT molecular complexity index is 1650. The number of likely N-dealkylation sites (tertiary alicyclic amines) is 1. The first kappa shape index (κ1) is 30.7. The van der Waals surface area contributed by atoms with Crippen LogP contribution in [0.3, 0.4) is 0 Å². The molecule has 1 aliphatic rings. The number of benzene rings is 2. The maximum atomic E-state index is 14.8. The molecule has 2 amide bonds. The van der Waals surface area contributed by atoms with Gasteiger partial charge in [0.15, 0.2) is 23.0 Å². The molecule has 10 nitrogen and oxygen atoms in total. The van der Waals surface area contributed by atoms with Crippen LogP contribution >= 0.6 is 0 Å². The second kappa shape index (κ2) is 13.7. The van der Waals surface area contributed by atoms with Crippen LogP contribution in [0.15, 0.2) is 48.9 Å². The monoisotopic (exact) mass is 606 g/mol. The Morgan fingerprint density at radius 2 is 1.89 bits per heavy atom. The summed E-state index contributed by atoms with van der Waals surface area (Å²) in [5, 5.41) is 6.07. The van der Waals surface area contributed by atoms with Crippen LogP contribution in [0.4, 0.5) is 25.1 Å². The molecule has 0 radical (unpaired) electrons. The number of amides is 2. The van der Waals surface area contributed by atoms with E-state index in [0.717, 1.165) is 43.4 Å². The predicted octanol–water partition coefficient (Wildman–Crippen LogP) is 6.11. The van der Waals surface area contributed by atoms with E-state index >= 15 is 0 Å². The molecule has 0 saturated carbocycles. The van der Waals surface area contributed by atoms with Crippen LogP contribution in [0.25, 0.3) is 16.9 Å². The van der Waals surface area contributed by atoms with Crippen LogP contribution < -0.4 is 15.4 Å². The lowest BCUT2D eigenvalue weighted by Crippen LogP contribution is -2.41. The fraction of sp³-hybridized carbons (Fsp3) is 0.375. The molecule has 3 heterocycles. The molecule has 1 saturated heterocycles. The third-order valence-corrected chi connectivity index (χ3v) is 7.83. The average molecular weight is 607 g/mol. The number of piperidine rings is 1. The summed E-state index contributed by atoms with van der Waals surface area (Å²) in [5.74, 6) is -0.833. The van der Waals surface area contributed by atoms with Crippen molar-refractivity contribution in [1.29, 1.82) is 0 Å². The zero-order valence-corrected chi connectivity index (χ0v) is 25.0. The number of ether oxygens (including phenoxy) is 2. The Labute approximate surface area is 254 Å². The third-order valence-electron chi connectivity index (χ3n) is 7.83. The van der Waals surface area contributed by atoms with E-state index in [1.165, 1.54) is 19.5 Å². The summed E-state index contributed by atoms with van der Waals surface area (Å²) < 4.78 is 40.8. The van der Waals surface area contributed by atoms with E-state index in [9.17, 15) is 18.4 Å². The molecule has 0 atom stereocenters. The normalized spacial score (nSPS) is 13.6. The number of unbranched alkanes of at least 4 members (excludes halogenated alkanes) is 1. The highest BCUT2D eigenvalue weighted by Crippen LogP contribution is 2.31. The molecular weight excluding hydrogens is 570 g/mol. The van der Waals surface area contributed by atoms with Crippen molar-refractivity contribution in [2.24, 2.45) is 5.92 Å². The van der Waals surface area contributed by atoms with Crippen LogP contribution in [0.1, 0.15) is 48.5 Å². The summed E-state index contributed by atoms with van der Waals surface area (Å²) in [6.07, 6.45) is 7.65. The van der Waals surface area contributed by atoms with Gasteiger partial charge in [0.1, 0.15) is 5.82 Å². The van der Waals surface area contributed by atoms with Crippen molar-refractivity contribution in [3.05, 3.63) is 71.7 Å². The van der Waals surface area contributed by atoms with Crippen LogP contribution in [0.5, 0.6) is 5.75 Å². The number of rotatable bonds is 10. The number of halogens is 2. The summed E-state index contributed by atoms with van der Waals surface area (Å²) in [6, 6.07) is 7.53. The highest BCUT2D eigenvalue weighted by Gasteiger charge is 2.25. The largest absolute Gasteiger partial charge is 0.494 e. The smallest absolute Gasteiger partial charge is 0.407 e.